The van der Waals surface area contributed by atoms with E-state index in [9.17, 15) is 0 Å². The van der Waals surface area contributed by atoms with Gasteiger partial charge in [-0.05, 0) is 94.1 Å². The highest BCUT2D eigenvalue weighted by Gasteiger charge is 2.25. The number of benzene rings is 5. The highest BCUT2D eigenvalue weighted by atomic mass is 16.5. The van der Waals surface area contributed by atoms with Crippen LogP contribution in [0, 0.1) is 0 Å². The molecule has 0 atom stereocenters. The Hall–Kier alpha value is -5.94. The molecule has 1 aliphatic carbocycles. The van der Waals surface area contributed by atoms with E-state index in [1.807, 2.05) is 36.7 Å². The first kappa shape index (κ1) is 30.1. The van der Waals surface area contributed by atoms with Crippen molar-refractivity contribution in [1.82, 2.24) is 19.1 Å². The van der Waals surface area contributed by atoms with E-state index in [-0.39, 0.29) is 0 Å². The third-order valence-corrected chi connectivity index (χ3v) is 10.1. The van der Waals surface area contributed by atoms with Crippen molar-refractivity contribution in [3.05, 3.63) is 156 Å². The molecular weight excluding hydrogens is 613 g/mol. The topological polar surface area (TPSA) is 44.9 Å². The minimum absolute atomic E-state index is 0.376. The van der Waals surface area contributed by atoms with Crippen LogP contribution in [-0.4, -0.2) is 19.1 Å². The van der Waals surface area contributed by atoms with Crippen LogP contribution in [0.1, 0.15) is 61.8 Å². The lowest BCUT2D eigenvalue weighted by Crippen LogP contribution is -2.07. The third-order valence-electron chi connectivity index (χ3n) is 10.1. The van der Waals surface area contributed by atoms with Crippen LogP contribution in [0.5, 0.6) is 11.5 Å². The molecule has 0 spiro atoms. The van der Waals surface area contributed by atoms with E-state index in [1.54, 1.807) is 0 Å². The number of hydrogen-bond acceptors (Lipinski definition) is 3. The smallest absolute Gasteiger partial charge is 0.144 e. The summed E-state index contributed by atoms with van der Waals surface area (Å²) in [4.78, 5) is 9.66. The third kappa shape index (κ3) is 4.84. The molecule has 0 bridgehead atoms. The highest BCUT2D eigenvalue weighted by molar-refractivity contribution is 6.17. The Balaban J connectivity index is 1.15. The average molecular weight is 651 g/mol. The van der Waals surface area contributed by atoms with Gasteiger partial charge in [0, 0.05) is 41.0 Å². The summed E-state index contributed by atoms with van der Waals surface area (Å²) in [6.45, 7) is 9.02. The van der Waals surface area contributed by atoms with Crippen LogP contribution in [0.15, 0.2) is 134 Å². The zero-order chi connectivity index (χ0) is 33.9. The SMILES string of the molecule is CC(C)c1cccc(C(C)C)c1-n1ccnc1-c1cccc(Oc2ccc3c4c5c(ccc4n(-c4ccccn4)c3c2)Cc2ccccc2-5)c1. The largest absolute Gasteiger partial charge is 0.457 e. The second-order valence-electron chi connectivity index (χ2n) is 13.9. The molecule has 0 amide bonds. The van der Waals surface area contributed by atoms with Crippen LogP contribution >= 0.6 is 0 Å². The lowest BCUT2D eigenvalue weighted by Gasteiger charge is -2.22. The van der Waals surface area contributed by atoms with Gasteiger partial charge in [0.05, 0.1) is 16.7 Å². The van der Waals surface area contributed by atoms with Gasteiger partial charge in [-0.3, -0.25) is 9.13 Å². The Morgan fingerprint density at radius 2 is 1.42 bits per heavy atom. The van der Waals surface area contributed by atoms with E-state index in [4.69, 9.17) is 14.7 Å². The fourth-order valence-electron chi connectivity index (χ4n) is 7.83. The van der Waals surface area contributed by atoms with E-state index in [0.29, 0.717) is 11.8 Å². The zero-order valence-electron chi connectivity index (χ0n) is 28.8. The van der Waals surface area contributed by atoms with Gasteiger partial charge in [0.1, 0.15) is 23.1 Å². The molecule has 5 aromatic carbocycles. The molecular formula is C45H38N4O. The highest BCUT2D eigenvalue weighted by Crippen LogP contribution is 2.46. The first-order valence-corrected chi connectivity index (χ1v) is 17.5. The zero-order valence-corrected chi connectivity index (χ0v) is 28.8. The van der Waals surface area contributed by atoms with Crippen LogP contribution in [0.2, 0.25) is 0 Å². The van der Waals surface area contributed by atoms with Gasteiger partial charge in [-0.15, -0.1) is 0 Å². The first-order chi connectivity index (χ1) is 24.5. The molecule has 0 unspecified atom stereocenters. The Bertz CT molecular complexity index is 2530. The van der Waals surface area contributed by atoms with Crippen molar-refractivity contribution in [1.29, 1.82) is 0 Å². The number of nitrogens with zero attached hydrogens (tertiary/aromatic N) is 4. The molecule has 3 aromatic heterocycles. The molecule has 5 heteroatoms. The lowest BCUT2D eigenvalue weighted by molar-refractivity contribution is 0.483. The molecule has 9 rings (SSSR count). The summed E-state index contributed by atoms with van der Waals surface area (Å²) in [5.41, 5.74) is 12.4. The normalized spacial score (nSPS) is 12.3. The summed E-state index contributed by atoms with van der Waals surface area (Å²) in [6.07, 6.45) is 6.78. The van der Waals surface area contributed by atoms with Crippen LogP contribution in [0.25, 0.3) is 55.8 Å². The van der Waals surface area contributed by atoms with E-state index in [0.717, 1.165) is 46.2 Å². The van der Waals surface area contributed by atoms with Gasteiger partial charge in [0.2, 0.25) is 0 Å². The van der Waals surface area contributed by atoms with Crippen molar-refractivity contribution in [2.75, 3.05) is 0 Å². The number of imidazole rings is 1. The van der Waals surface area contributed by atoms with Crippen molar-refractivity contribution in [3.8, 4) is 45.5 Å². The summed E-state index contributed by atoms with van der Waals surface area (Å²) in [6, 6.07) is 40.8. The van der Waals surface area contributed by atoms with Gasteiger partial charge in [-0.25, -0.2) is 9.97 Å². The molecule has 8 aromatic rings. The van der Waals surface area contributed by atoms with Crippen LogP contribution in [-0.2, 0) is 6.42 Å². The number of rotatable bonds is 7. The van der Waals surface area contributed by atoms with Crippen LogP contribution in [0.4, 0.5) is 0 Å². The summed E-state index contributed by atoms with van der Waals surface area (Å²) in [7, 11) is 0. The molecule has 5 nitrogen and oxygen atoms in total. The van der Waals surface area contributed by atoms with Gasteiger partial charge in [0.15, 0.2) is 0 Å². The number of pyridine rings is 1. The number of aromatic nitrogens is 4. The number of ether oxygens (including phenoxy) is 1. The summed E-state index contributed by atoms with van der Waals surface area (Å²) >= 11 is 0. The second-order valence-corrected chi connectivity index (χ2v) is 13.9. The number of hydrogen-bond donors (Lipinski definition) is 0. The van der Waals surface area contributed by atoms with Gasteiger partial charge in [-0.2, -0.15) is 0 Å². The summed E-state index contributed by atoms with van der Waals surface area (Å²) in [5, 5.41) is 2.45. The van der Waals surface area contributed by atoms with Gasteiger partial charge in [0.25, 0.3) is 0 Å². The Morgan fingerprint density at radius 3 is 2.22 bits per heavy atom. The number of para-hydroxylation sites is 1. The van der Waals surface area contributed by atoms with Crippen molar-refractivity contribution >= 4 is 21.8 Å². The molecule has 0 aliphatic heterocycles. The van der Waals surface area contributed by atoms with Crippen molar-refractivity contribution in [2.45, 2.75) is 46.0 Å². The predicted octanol–water partition coefficient (Wildman–Crippen LogP) is 11.6. The molecule has 244 valence electrons. The van der Waals surface area contributed by atoms with E-state index >= 15 is 0 Å². The Labute approximate surface area is 292 Å². The van der Waals surface area contributed by atoms with Crippen molar-refractivity contribution < 1.29 is 4.74 Å². The maximum Gasteiger partial charge on any atom is 0.144 e. The number of fused-ring (bicyclic) bond motifs is 7. The quantitative estimate of drug-likeness (QED) is 0.172. The van der Waals surface area contributed by atoms with Crippen LogP contribution < -0.4 is 4.74 Å². The molecule has 1 aliphatic rings. The maximum atomic E-state index is 6.66. The standard InChI is InChI=1S/C45H38N4O/c1-28(2)35-15-10-16-36(29(3)4)44(35)48-24-23-47-45(48)32-12-9-13-33(26-32)50-34-19-20-38-40(27-34)49(41-17-7-8-22-46-41)39-21-18-31-25-30-11-5-6-14-37(30)42(31)43(38)39/h5-24,26-29H,25H2,1-4H3. The van der Waals surface area contributed by atoms with Crippen molar-refractivity contribution in [2.24, 2.45) is 0 Å². The predicted molar refractivity (Wildman–Crippen MR) is 204 cm³/mol. The van der Waals surface area contributed by atoms with E-state index in [2.05, 4.69) is 134 Å². The van der Waals surface area contributed by atoms with Crippen LogP contribution in [0.3, 0.4) is 0 Å². The molecule has 0 fully saturated rings. The molecule has 3 heterocycles. The molecule has 50 heavy (non-hydrogen) atoms. The minimum atomic E-state index is 0.376. The van der Waals surface area contributed by atoms with Gasteiger partial charge >= 0.3 is 0 Å². The lowest BCUT2D eigenvalue weighted by atomic mass is 9.92. The summed E-state index contributed by atoms with van der Waals surface area (Å²) < 4.78 is 11.2. The average Bonchev–Trinajstić information content (AvgIpc) is 3.85. The first-order valence-electron chi connectivity index (χ1n) is 17.5. The monoisotopic (exact) mass is 650 g/mol. The van der Waals surface area contributed by atoms with Gasteiger partial charge < -0.3 is 4.74 Å². The second kappa shape index (κ2) is 11.9. The molecule has 0 saturated heterocycles. The molecule has 0 saturated carbocycles. The Kier molecular flexibility index (Phi) is 7.16. The van der Waals surface area contributed by atoms with E-state index in [1.165, 1.54) is 49.8 Å². The van der Waals surface area contributed by atoms with E-state index < -0.39 is 0 Å². The fraction of sp³-hybridized carbons (Fsp3) is 0.156. The Morgan fingerprint density at radius 1 is 0.640 bits per heavy atom. The summed E-state index contributed by atoms with van der Waals surface area (Å²) in [5.74, 6) is 4.05. The fourth-order valence-corrected chi connectivity index (χ4v) is 7.83. The maximum absolute atomic E-state index is 6.66. The minimum Gasteiger partial charge on any atom is -0.457 e. The van der Waals surface area contributed by atoms with Gasteiger partial charge in [-0.1, -0.05) is 94.4 Å². The van der Waals surface area contributed by atoms with Crippen molar-refractivity contribution in [3.63, 3.8) is 0 Å². The molecule has 0 N–H and O–H groups in total. The molecule has 0 radical (unpaired) electrons.